The monoisotopic (exact) mass is 519 g/mol. The molecule has 0 amide bonds. The summed E-state index contributed by atoms with van der Waals surface area (Å²) in [5.41, 5.74) is 4.48. The molecule has 0 N–H and O–H groups in total. The normalized spacial score (nSPS) is 11.2. The van der Waals surface area contributed by atoms with E-state index < -0.39 is 0 Å². The lowest BCUT2D eigenvalue weighted by Crippen LogP contribution is -2.19. The molecule has 35 heavy (non-hydrogen) atoms. The van der Waals surface area contributed by atoms with Crippen LogP contribution in [0.3, 0.4) is 0 Å². The maximum Gasteiger partial charge on any atom is 0.187 e. The lowest BCUT2D eigenvalue weighted by atomic mass is 9.77. The van der Waals surface area contributed by atoms with E-state index >= 15 is 0 Å². The summed E-state index contributed by atoms with van der Waals surface area (Å²) in [6.07, 6.45) is 3.68. The molecule has 176 valence electrons. The van der Waals surface area contributed by atoms with Crippen molar-refractivity contribution in [2.24, 2.45) is 0 Å². The van der Waals surface area contributed by atoms with Crippen molar-refractivity contribution in [3.63, 3.8) is 0 Å². The molecule has 0 radical (unpaired) electrons. The topological polar surface area (TPSA) is 58.8 Å². The fraction of sp³-hybridized carbons (Fsp3) is 0.179. The van der Waals surface area contributed by atoms with Gasteiger partial charge in [-0.1, -0.05) is 73.1 Å². The summed E-state index contributed by atoms with van der Waals surface area (Å²) in [5, 5.41) is 11.7. The van der Waals surface area contributed by atoms with Crippen LogP contribution in [0.5, 0.6) is 5.75 Å². The lowest BCUT2D eigenvalue weighted by Gasteiger charge is -2.27. The molecule has 0 unspecified atom stereocenters. The molecule has 0 aliphatic rings. The van der Waals surface area contributed by atoms with Crippen LogP contribution >= 0.6 is 35.0 Å². The summed E-state index contributed by atoms with van der Waals surface area (Å²) in [5.74, 6) is 0.751. The minimum absolute atomic E-state index is 0.366. The van der Waals surface area contributed by atoms with Crippen LogP contribution in [0.4, 0.5) is 0 Å². The molecule has 4 rings (SSSR count). The molecular weight excluding hydrogens is 497 g/mol. The number of benzene rings is 3. The summed E-state index contributed by atoms with van der Waals surface area (Å²) in [6.45, 7) is 4.59. The van der Waals surface area contributed by atoms with Gasteiger partial charge in [0.15, 0.2) is 5.16 Å². The number of nitriles is 1. The van der Waals surface area contributed by atoms with Crippen LogP contribution in [0, 0.1) is 11.3 Å². The average molecular weight is 520 g/mol. The van der Waals surface area contributed by atoms with Crippen LogP contribution in [0.15, 0.2) is 78.1 Å². The molecule has 3 aromatic carbocycles. The third-order valence-electron chi connectivity index (χ3n) is 5.88. The van der Waals surface area contributed by atoms with Crippen LogP contribution in [0.25, 0.3) is 11.1 Å². The zero-order valence-corrected chi connectivity index (χ0v) is 21.9. The molecule has 0 spiro atoms. The SMILES string of the molecule is CSc1nccc(COc2ccc(C(C)(C)c3cc(Cl)c(-c4cccc(Cl)c4)c(C#N)c3)cc2)n1. The second kappa shape index (κ2) is 10.7. The van der Waals surface area contributed by atoms with E-state index in [1.807, 2.05) is 66.9 Å². The summed E-state index contributed by atoms with van der Waals surface area (Å²) in [6, 6.07) is 23.3. The molecule has 4 aromatic rings. The fourth-order valence-electron chi connectivity index (χ4n) is 3.84. The molecule has 0 saturated heterocycles. The van der Waals surface area contributed by atoms with Gasteiger partial charge in [0, 0.05) is 22.2 Å². The largest absolute Gasteiger partial charge is 0.487 e. The van der Waals surface area contributed by atoms with Gasteiger partial charge < -0.3 is 4.74 Å². The quantitative estimate of drug-likeness (QED) is 0.183. The van der Waals surface area contributed by atoms with Crippen molar-refractivity contribution in [1.29, 1.82) is 5.26 Å². The smallest absolute Gasteiger partial charge is 0.187 e. The van der Waals surface area contributed by atoms with E-state index in [1.165, 1.54) is 11.8 Å². The Hall–Kier alpha value is -3.04. The lowest BCUT2D eigenvalue weighted by molar-refractivity contribution is 0.300. The number of nitrogens with zero attached hydrogens (tertiary/aromatic N) is 3. The van der Waals surface area contributed by atoms with E-state index in [0.29, 0.717) is 27.8 Å². The first-order chi connectivity index (χ1) is 16.8. The number of rotatable bonds is 7. The second-order valence-corrected chi connectivity index (χ2v) is 10.1. The van der Waals surface area contributed by atoms with Crippen LogP contribution < -0.4 is 4.74 Å². The summed E-state index contributed by atoms with van der Waals surface area (Å²) >= 11 is 14.4. The summed E-state index contributed by atoms with van der Waals surface area (Å²) < 4.78 is 5.92. The van der Waals surface area contributed by atoms with Gasteiger partial charge in [0.05, 0.1) is 22.3 Å². The number of thioether (sulfide) groups is 1. The van der Waals surface area contributed by atoms with E-state index in [0.717, 1.165) is 33.3 Å². The van der Waals surface area contributed by atoms with Crippen molar-refractivity contribution in [3.8, 4) is 22.9 Å². The van der Waals surface area contributed by atoms with Crippen molar-refractivity contribution in [2.45, 2.75) is 31.0 Å². The molecule has 7 heteroatoms. The Morgan fingerprint density at radius 1 is 1.00 bits per heavy atom. The van der Waals surface area contributed by atoms with Crippen molar-refractivity contribution in [2.75, 3.05) is 6.26 Å². The first kappa shape index (κ1) is 25.1. The van der Waals surface area contributed by atoms with E-state index in [-0.39, 0.29) is 5.41 Å². The number of halogens is 2. The molecule has 0 fully saturated rings. The van der Waals surface area contributed by atoms with Crippen LogP contribution in [-0.2, 0) is 12.0 Å². The minimum atomic E-state index is -0.388. The molecular formula is C28H23Cl2N3OS. The van der Waals surface area contributed by atoms with Crippen LogP contribution in [0.1, 0.15) is 36.2 Å². The fourth-order valence-corrected chi connectivity index (χ4v) is 4.73. The molecule has 0 aliphatic carbocycles. The third-order valence-corrected chi connectivity index (χ3v) is 6.98. The first-order valence-electron chi connectivity index (χ1n) is 10.9. The minimum Gasteiger partial charge on any atom is -0.487 e. The Morgan fingerprint density at radius 3 is 2.46 bits per heavy atom. The Bertz CT molecular complexity index is 1400. The number of hydrogen-bond donors (Lipinski definition) is 0. The van der Waals surface area contributed by atoms with Crippen molar-refractivity contribution in [3.05, 3.63) is 105 Å². The molecule has 4 nitrogen and oxygen atoms in total. The van der Waals surface area contributed by atoms with Gasteiger partial charge in [-0.05, 0) is 65.4 Å². The number of aromatic nitrogens is 2. The van der Waals surface area contributed by atoms with E-state index in [9.17, 15) is 5.26 Å². The average Bonchev–Trinajstić information content (AvgIpc) is 2.87. The highest BCUT2D eigenvalue weighted by molar-refractivity contribution is 7.98. The van der Waals surface area contributed by atoms with Gasteiger partial charge in [-0.15, -0.1) is 0 Å². The van der Waals surface area contributed by atoms with Crippen molar-refractivity contribution >= 4 is 35.0 Å². The van der Waals surface area contributed by atoms with E-state index in [4.69, 9.17) is 27.9 Å². The van der Waals surface area contributed by atoms with Gasteiger partial charge >= 0.3 is 0 Å². The van der Waals surface area contributed by atoms with Gasteiger partial charge in [-0.2, -0.15) is 5.26 Å². The molecule has 0 aliphatic heterocycles. The summed E-state index contributed by atoms with van der Waals surface area (Å²) in [4.78, 5) is 8.63. The Morgan fingerprint density at radius 2 is 1.77 bits per heavy atom. The molecule has 0 saturated carbocycles. The Labute approximate surface area is 219 Å². The van der Waals surface area contributed by atoms with Gasteiger partial charge in [-0.25, -0.2) is 9.97 Å². The van der Waals surface area contributed by atoms with Gasteiger partial charge in [-0.3, -0.25) is 0 Å². The molecule has 0 bridgehead atoms. The zero-order chi connectivity index (χ0) is 25.0. The van der Waals surface area contributed by atoms with Gasteiger partial charge in [0.2, 0.25) is 0 Å². The maximum absolute atomic E-state index is 9.89. The van der Waals surface area contributed by atoms with Gasteiger partial charge in [0.25, 0.3) is 0 Å². The first-order valence-corrected chi connectivity index (χ1v) is 12.9. The van der Waals surface area contributed by atoms with Crippen molar-refractivity contribution in [1.82, 2.24) is 9.97 Å². The zero-order valence-electron chi connectivity index (χ0n) is 19.5. The number of ether oxygens (including phenoxy) is 1. The maximum atomic E-state index is 9.89. The predicted molar refractivity (Wildman–Crippen MR) is 143 cm³/mol. The van der Waals surface area contributed by atoms with Crippen LogP contribution in [0.2, 0.25) is 10.0 Å². The second-order valence-electron chi connectivity index (χ2n) is 8.48. The van der Waals surface area contributed by atoms with E-state index in [2.05, 4.69) is 29.9 Å². The van der Waals surface area contributed by atoms with Gasteiger partial charge in [0.1, 0.15) is 12.4 Å². The highest BCUT2D eigenvalue weighted by Gasteiger charge is 2.26. The third kappa shape index (κ3) is 5.62. The molecule has 1 heterocycles. The van der Waals surface area contributed by atoms with Crippen molar-refractivity contribution < 1.29 is 4.74 Å². The molecule has 0 atom stereocenters. The van der Waals surface area contributed by atoms with E-state index in [1.54, 1.807) is 12.3 Å². The Kier molecular flexibility index (Phi) is 7.66. The summed E-state index contributed by atoms with van der Waals surface area (Å²) in [7, 11) is 0. The standard InChI is InChI=1S/C28H23Cl2N3OS/c1-28(2,20-7-9-24(10-8-20)34-17-23-11-12-32-27(33-23)35-3)21-13-19(16-31)26(25(30)15-21)18-5-4-6-22(29)14-18/h4-15H,17H2,1-3H3. The predicted octanol–water partition coefficient (Wildman–Crippen LogP) is 7.95. The highest BCUT2D eigenvalue weighted by Crippen LogP contribution is 2.39. The highest BCUT2D eigenvalue weighted by atomic mass is 35.5. The molecule has 1 aromatic heterocycles. The van der Waals surface area contributed by atoms with Crippen LogP contribution in [-0.4, -0.2) is 16.2 Å². The Balaban J connectivity index is 1.58. The number of hydrogen-bond acceptors (Lipinski definition) is 5.